The minimum absolute atomic E-state index is 0.139. The van der Waals surface area contributed by atoms with Crippen LogP contribution in [0.4, 0.5) is 11.4 Å². The minimum atomic E-state index is -0.422. The molecule has 5 nitrogen and oxygen atoms in total. The summed E-state index contributed by atoms with van der Waals surface area (Å²) in [5.41, 5.74) is 6.90. The van der Waals surface area contributed by atoms with Gasteiger partial charge in [-0.25, -0.2) is 0 Å². The van der Waals surface area contributed by atoms with Crippen LogP contribution in [0.1, 0.15) is 17.3 Å². The molecule has 0 aliphatic heterocycles. The number of amides is 1. The standard InChI is InChI=1S/C19H18N2O3/c1-2-24-14-9-7-13(8-10-14)21-19(23)16-11-12-5-3-4-6-15(12)17(20)18(16)22/h3-11,22H,2,20H2,1H3,(H,21,23). The molecule has 0 fully saturated rings. The Kier molecular flexibility index (Phi) is 4.24. The average molecular weight is 322 g/mol. The van der Waals surface area contributed by atoms with Crippen LogP contribution in [-0.4, -0.2) is 17.6 Å². The third kappa shape index (κ3) is 2.96. The maximum Gasteiger partial charge on any atom is 0.259 e. The number of rotatable bonds is 4. The Morgan fingerprint density at radius 1 is 1.17 bits per heavy atom. The molecule has 0 saturated heterocycles. The van der Waals surface area contributed by atoms with Crippen LogP contribution in [0.3, 0.4) is 0 Å². The van der Waals surface area contributed by atoms with Crippen LogP contribution in [0.2, 0.25) is 0 Å². The fourth-order valence-electron chi connectivity index (χ4n) is 2.54. The summed E-state index contributed by atoms with van der Waals surface area (Å²) in [6, 6.07) is 16.0. The van der Waals surface area contributed by atoms with Gasteiger partial charge in [0.15, 0.2) is 5.75 Å². The van der Waals surface area contributed by atoms with E-state index in [1.807, 2.05) is 25.1 Å². The van der Waals surface area contributed by atoms with E-state index in [1.54, 1.807) is 36.4 Å². The maximum atomic E-state index is 12.5. The first-order valence-electron chi connectivity index (χ1n) is 7.64. The molecule has 3 aromatic carbocycles. The molecule has 0 aliphatic rings. The summed E-state index contributed by atoms with van der Waals surface area (Å²) in [6.07, 6.45) is 0. The Labute approximate surface area is 139 Å². The first-order chi connectivity index (χ1) is 11.6. The molecule has 0 atom stereocenters. The number of carbonyl (C=O) groups excluding carboxylic acids is 1. The number of nitrogens with two attached hydrogens (primary N) is 1. The highest BCUT2D eigenvalue weighted by molar-refractivity contribution is 6.11. The van der Waals surface area contributed by atoms with Gasteiger partial charge in [0.25, 0.3) is 5.91 Å². The summed E-state index contributed by atoms with van der Waals surface area (Å²) in [5, 5.41) is 14.5. The average Bonchev–Trinajstić information content (AvgIpc) is 2.60. The predicted molar refractivity (Wildman–Crippen MR) is 95.6 cm³/mol. The number of aromatic hydroxyl groups is 1. The van der Waals surface area contributed by atoms with Gasteiger partial charge in [-0.1, -0.05) is 24.3 Å². The summed E-state index contributed by atoms with van der Waals surface area (Å²) in [4.78, 5) is 12.5. The second kappa shape index (κ2) is 6.50. The second-order valence-electron chi connectivity index (χ2n) is 5.32. The van der Waals surface area contributed by atoms with Gasteiger partial charge in [-0.2, -0.15) is 0 Å². The Bertz CT molecular complexity index is 889. The van der Waals surface area contributed by atoms with Crippen molar-refractivity contribution < 1.29 is 14.6 Å². The first kappa shape index (κ1) is 15.7. The number of anilines is 2. The third-order valence-corrected chi connectivity index (χ3v) is 3.73. The molecule has 3 aromatic rings. The predicted octanol–water partition coefficient (Wildman–Crippen LogP) is 3.78. The number of hydrogen-bond acceptors (Lipinski definition) is 4. The Morgan fingerprint density at radius 3 is 2.58 bits per heavy atom. The van der Waals surface area contributed by atoms with Gasteiger partial charge in [-0.05, 0) is 42.6 Å². The van der Waals surface area contributed by atoms with E-state index in [0.29, 0.717) is 17.7 Å². The largest absolute Gasteiger partial charge is 0.505 e. The molecule has 0 heterocycles. The first-order valence-corrected chi connectivity index (χ1v) is 7.64. The van der Waals surface area contributed by atoms with Crippen LogP contribution in [0.25, 0.3) is 10.8 Å². The third-order valence-electron chi connectivity index (χ3n) is 3.73. The van der Waals surface area contributed by atoms with Gasteiger partial charge in [0.1, 0.15) is 5.75 Å². The fourth-order valence-corrected chi connectivity index (χ4v) is 2.54. The lowest BCUT2D eigenvalue weighted by Crippen LogP contribution is -2.12. The zero-order chi connectivity index (χ0) is 17.1. The lowest BCUT2D eigenvalue weighted by molar-refractivity contribution is 0.102. The smallest absolute Gasteiger partial charge is 0.259 e. The van der Waals surface area contributed by atoms with E-state index in [2.05, 4.69) is 5.32 Å². The summed E-state index contributed by atoms with van der Waals surface area (Å²) >= 11 is 0. The molecule has 0 aliphatic carbocycles. The number of phenols is 1. The molecule has 0 unspecified atom stereocenters. The second-order valence-corrected chi connectivity index (χ2v) is 5.32. The highest BCUT2D eigenvalue weighted by atomic mass is 16.5. The highest BCUT2D eigenvalue weighted by Crippen LogP contribution is 2.34. The van der Waals surface area contributed by atoms with Crippen LogP contribution in [0.15, 0.2) is 54.6 Å². The molecule has 5 heteroatoms. The summed E-state index contributed by atoms with van der Waals surface area (Å²) < 4.78 is 5.36. The van der Waals surface area contributed by atoms with E-state index in [0.717, 1.165) is 11.1 Å². The number of nitrogens with one attached hydrogen (secondary N) is 1. The molecule has 1 amide bonds. The number of fused-ring (bicyclic) bond motifs is 1. The number of phenolic OH excluding ortho intramolecular Hbond substituents is 1. The molecule has 24 heavy (non-hydrogen) atoms. The molecule has 0 aromatic heterocycles. The zero-order valence-electron chi connectivity index (χ0n) is 13.2. The van der Waals surface area contributed by atoms with Crippen molar-refractivity contribution in [3.05, 3.63) is 60.2 Å². The number of benzene rings is 3. The Morgan fingerprint density at radius 2 is 1.88 bits per heavy atom. The van der Waals surface area contributed by atoms with Crippen molar-refractivity contribution in [1.82, 2.24) is 0 Å². The summed E-state index contributed by atoms with van der Waals surface area (Å²) in [7, 11) is 0. The van der Waals surface area contributed by atoms with Crippen LogP contribution in [-0.2, 0) is 0 Å². The van der Waals surface area contributed by atoms with E-state index in [1.165, 1.54) is 0 Å². The van der Waals surface area contributed by atoms with E-state index in [4.69, 9.17) is 10.5 Å². The highest BCUT2D eigenvalue weighted by Gasteiger charge is 2.16. The molecular formula is C19H18N2O3. The monoisotopic (exact) mass is 322 g/mol. The van der Waals surface area contributed by atoms with E-state index in [-0.39, 0.29) is 17.0 Å². The van der Waals surface area contributed by atoms with Crippen molar-refractivity contribution in [1.29, 1.82) is 0 Å². The van der Waals surface area contributed by atoms with E-state index < -0.39 is 5.91 Å². The van der Waals surface area contributed by atoms with Crippen molar-refractivity contribution in [3.63, 3.8) is 0 Å². The molecular weight excluding hydrogens is 304 g/mol. The van der Waals surface area contributed by atoms with Crippen molar-refractivity contribution >= 4 is 28.1 Å². The molecule has 4 N–H and O–H groups in total. The molecule has 0 spiro atoms. The maximum absolute atomic E-state index is 12.5. The molecule has 3 rings (SSSR count). The SMILES string of the molecule is CCOc1ccc(NC(=O)c2cc3ccccc3c(N)c2O)cc1. The summed E-state index contributed by atoms with van der Waals surface area (Å²) in [5.74, 6) is 0.0968. The van der Waals surface area contributed by atoms with Crippen LogP contribution >= 0.6 is 0 Å². The molecule has 0 bridgehead atoms. The van der Waals surface area contributed by atoms with Gasteiger partial charge < -0.3 is 20.9 Å². The quantitative estimate of drug-likeness (QED) is 0.504. The Balaban J connectivity index is 1.89. The van der Waals surface area contributed by atoms with Crippen molar-refractivity contribution in [2.45, 2.75) is 6.92 Å². The topological polar surface area (TPSA) is 84.6 Å². The lowest BCUT2D eigenvalue weighted by Gasteiger charge is -2.11. The van der Waals surface area contributed by atoms with Gasteiger partial charge in [-0.3, -0.25) is 4.79 Å². The van der Waals surface area contributed by atoms with Crippen molar-refractivity contribution in [2.24, 2.45) is 0 Å². The van der Waals surface area contributed by atoms with E-state index in [9.17, 15) is 9.90 Å². The molecule has 0 saturated carbocycles. The molecule has 122 valence electrons. The van der Waals surface area contributed by atoms with Crippen LogP contribution in [0, 0.1) is 0 Å². The Hall–Kier alpha value is -3.21. The number of carbonyl (C=O) groups is 1. The van der Waals surface area contributed by atoms with Crippen molar-refractivity contribution in [3.8, 4) is 11.5 Å². The van der Waals surface area contributed by atoms with Crippen LogP contribution in [0.5, 0.6) is 11.5 Å². The van der Waals surface area contributed by atoms with Gasteiger partial charge in [0.05, 0.1) is 17.9 Å². The molecule has 0 radical (unpaired) electrons. The number of nitrogen functional groups attached to an aromatic ring is 1. The minimum Gasteiger partial charge on any atom is -0.505 e. The summed E-state index contributed by atoms with van der Waals surface area (Å²) in [6.45, 7) is 2.48. The van der Waals surface area contributed by atoms with Gasteiger partial charge in [0, 0.05) is 11.1 Å². The van der Waals surface area contributed by atoms with Crippen molar-refractivity contribution in [2.75, 3.05) is 17.7 Å². The van der Waals surface area contributed by atoms with Gasteiger partial charge >= 0.3 is 0 Å². The fraction of sp³-hybridized carbons (Fsp3) is 0.105. The van der Waals surface area contributed by atoms with E-state index >= 15 is 0 Å². The van der Waals surface area contributed by atoms with Gasteiger partial charge in [0.2, 0.25) is 0 Å². The lowest BCUT2D eigenvalue weighted by atomic mass is 10.0. The number of hydrogen-bond donors (Lipinski definition) is 3. The zero-order valence-corrected chi connectivity index (χ0v) is 13.2. The normalized spacial score (nSPS) is 10.5. The van der Waals surface area contributed by atoms with Crippen LogP contribution < -0.4 is 15.8 Å². The number of ether oxygens (including phenoxy) is 1. The van der Waals surface area contributed by atoms with Gasteiger partial charge in [-0.15, -0.1) is 0 Å².